The first-order chi connectivity index (χ1) is 19.1. The lowest BCUT2D eigenvalue weighted by atomic mass is 9.51. The number of fused-ring (bicyclic) bond motifs is 3. The highest BCUT2D eigenvalue weighted by atomic mass is 35.5. The van der Waals surface area contributed by atoms with Crippen molar-refractivity contribution in [3.63, 3.8) is 0 Å². The SMILES string of the molecule is CN(C)C12C[C@@H](OC(=O)C(c3ccccc3)c3ccccc3)C([C@H](c3ccccc3)C1)[C@H](c1ccccc1)C2.Cl. The zero-order valence-electron chi connectivity index (χ0n) is 23.2. The summed E-state index contributed by atoms with van der Waals surface area (Å²) in [7, 11) is 4.40. The molecular formula is C36H38ClNO2. The van der Waals surface area contributed by atoms with Crippen LogP contribution >= 0.6 is 12.4 Å². The lowest BCUT2D eigenvalue weighted by Gasteiger charge is -2.60. The predicted octanol–water partition coefficient (Wildman–Crippen LogP) is 7.83. The number of esters is 1. The molecule has 0 radical (unpaired) electrons. The number of nitrogens with zero attached hydrogens (tertiary/aromatic N) is 1. The van der Waals surface area contributed by atoms with Gasteiger partial charge < -0.3 is 9.64 Å². The Labute approximate surface area is 244 Å². The van der Waals surface area contributed by atoms with E-state index in [-0.39, 0.29) is 35.9 Å². The normalized spacial score (nSPS) is 25.4. The fourth-order valence-corrected chi connectivity index (χ4v) is 7.37. The van der Waals surface area contributed by atoms with Crippen molar-refractivity contribution in [1.82, 2.24) is 4.90 Å². The van der Waals surface area contributed by atoms with Gasteiger partial charge in [-0.05, 0) is 61.0 Å². The summed E-state index contributed by atoms with van der Waals surface area (Å²) in [6, 6.07) is 41.9. The van der Waals surface area contributed by atoms with Gasteiger partial charge in [0.25, 0.3) is 0 Å². The van der Waals surface area contributed by atoms with Gasteiger partial charge in [0.1, 0.15) is 12.0 Å². The highest BCUT2D eigenvalue weighted by Gasteiger charge is 2.58. The van der Waals surface area contributed by atoms with Gasteiger partial charge in [0.05, 0.1) is 0 Å². The molecule has 3 fully saturated rings. The third-order valence-corrected chi connectivity index (χ3v) is 9.31. The minimum atomic E-state index is -0.450. The molecule has 206 valence electrons. The van der Waals surface area contributed by atoms with Crippen LogP contribution in [0.25, 0.3) is 0 Å². The van der Waals surface area contributed by atoms with Crippen molar-refractivity contribution in [2.45, 2.75) is 48.7 Å². The van der Waals surface area contributed by atoms with Crippen LogP contribution < -0.4 is 0 Å². The molecule has 7 rings (SSSR count). The van der Waals surface area contributed by atoms with Crippen molar-refractivity contribution >= 4 is 18.4 Å². The first kappa shape index (κ1) is 28.1. The zero-order valence-corrected chi connectivity index (χ0v) is 24.0. The van der Waals surface area contributed by atoms with Gasteiger partial charge in [0.15, 0.2) is 0 Å². The molecular weight excluding hydrogens is 514 g/mol. The number of halogens is 1. The zero-order chi connectivity index (χ0) is 26.8. The van der Waals surface area contributed by atoms with Crippen LogP contribution in [0, 0.1) is 5.92 Å². The highest BCUT2D eigenvalue weighted by molar-refractivity contribution is 5.85. The molecule has 3 aliphatic rings. The molecule has 3 aliphatic carbocycles. The molecule has 0 saturated heterocycles. The summed E-state index contributed by atoms with van der Waals surface area (Å²) in [5.74, 6) is 0.232. The Morgan fingerprint density at radius 1 is 0.675 bits per heavy atom. The average molecular weight is 552 g/mol. The van der Waals surface area contributed by atoms with Gasteiger partial charge in [-0.2, -0.15) is 0 Å². The maximum atomic E-state index is 14.2. The Balaban J connectivity index is 0.00000323. The molecule has 3 nitrogen and oxygen atoms in total. The summed E-state index contributed by atoms with van der Waals surface area (Å²) < 4.78 is 6.71. The largest absolute Gasteiger partial charge is 0.461 e. The molecule has 4 aromatic carbocycles. The summed E-state index contributed by atoms with van der Waals surface area (Å²) in [5.41, 5.74) is 4.58. The van der Waals surface area contributed by atoms with E-state index in [2.05, 4.69) is 79.7 Å². The van der Waals surface area contributed by atoms with Gasteiger partial charge in [0, 0.05) is 17.9 Å². The minimum Gasteiger partial charge on any atom is -0.461 e. The van der Waals surface area contributed by atoms with Crippen LogP contribution in [0.2, 0.25) is 0 Å². The number of benzene rings is 4. The van der Waals surface area contributed by atoms with Crippen molar-refractivity contribution in [2.24, 2.45) is 5.92 Å². The van der Waals surface area contributed by atoms with Gasteiger partial charge in [-0.25, -0.2) is 0 Å². The fourth-order valence-electron chi connectivity index (χ4n) is 7.37. The Morgan fingerprint density at radius 3 is 1.48 bits per heavy atom. The van der Waals surface area contributed by atoms with Crippen LogP contribution in [0.4, 0.5) is 0 Å². The van der Waals surface area contributed by atoms with Gasteiger partial charge in [-0.3, -0.25) is 4.79 Å². The lowest BCUT2D eigenvalue weighted by molar-refractivity contribution is -0.167. The number of ether oxygens (including phenoxy) is 1. The molecule has 0 aliphatic heterocycles. The number of carbonyl (C=O) groups excluding carboxylic acids is 1. The first-order valence-electron chi connectivity index (χ1n) is 14.1. The first-order valence-corrected chi connectivity index (χ1v) is 14.1. The Morgan fingerprint density at radius 2 is 1.07 bits per heavy atom. The van der Waals surface area contributed by atoms with Gasteiger partial charge in [-0.1, -0.05) is 121 Å². The average Bonchev–Trinajstić information content (AvgIpc) is 2.99. The second-order valence-electron chi connectivity index (χ2n) is 11.6. The second-order valence-corrected chi connectivity index (χ2v) is 11.6. The quantitative estimate of drug-likeness (QED) is 0.219. The molecule has 4 heteroatoms. The van der Waals surface area contributed by atoms with Crippen molar-refractivity contribution in [1.29, 1.82) is 0 Å². The number of hydrogen-bond donors (Lipinski definition) is 0. The molecule has 3 atom stereocenters. The van der Waals surface area contributed by atoms with Crippen molar-refractivity contribution in [2.75, 3.05) is 14.1 Å². The topological polar surface area (TPSA) is 29.5 Å². The van der Waals surface area contributed by atoms with E-state index in [0.29, 0.717) is 11.8 Å². The number of carbonyl (C=O) groups is 1. The monoisotopic (exact) mass is 551 g/mol. The molecule has 4 aromatic rings. The van der Waals surface area contributed by atoms with Crippen LogP contribution in [0.15, 0.2) is 121 Å². The molecule has 0 spiro atoms. The molecule has 0 heterocycles. The van der Waals surface area contributed by atoms with E-state index in [4.69, 9.17) is 4.74 Å². The number of hydrogen-bond acceptors (Lipinski definition) is 3. The van der Waals surface area contributed by atoms with Crippen LogP contribution in [-0.2, 0) is 9.53 Å². The summed E-state index contributed by atoms with van der Waals surface area (Å²) in [5, 5.41) is 0. The van der Waals surface area contributed by atoms with E-state index in [1.54, 1.807) is 0 Å². The minimum absolute atomic E-state index is 0. The Bertz CT molecular complexity index is 1290. The summed E-state index contributed by atoms with van der Waals surface area (Å²) in [6.07, 6.45) is 2.84. The van der Waals surface area contributed by atoms with Crippen molar-refractivity contribution in [3.8, 4) is 0 Å². The van der Waals surface area contributed by atoms with Crippen molar-refractivity contribution in [3.05, 3.63) is 144 Å². The maximum Gasteiger partial charge on any atom is 0.318 e. The Kier molecular flexibility index (Phi) is 8.44. The summed E-state index contributed by atoms with van der Waals surface area (Å²) >= 11 is 0. The molecule has 3 saturated carbocycles. The molecule has 40 heavy (non-hydrogen) atoms. The van der Waals surface area contributed by atoms with Crippen LogP contribution in [0.5, 0.6) is 0 Å². The van der Waals surface area contributed by atoms with Crippen LogP contribution in [-0.4, -0.2) is 36.6 Å². The summed E-state index contributed by atoms with van der Waals surface area (Å²) in [4.78, 5) is 16.6. The number of rotatable bonds is 7. The van der Waals surface area contributed by atoms with E-state index in [0.717, 1.165) is 30.4 Å². The van der Waals surface area contributed by atoms with Crippen molar-refractivity contribution < 1.29 is 9.53 Å². The Hall–Kier alpha value is -3.40. The van der Waals surface area contributed by atoms with Gasteiger partial charge in [0.2, 0.25) is 0 Å². The van der Waals surface area contributed by atoms with E-state index in [9.17, 15) is 4.79 Å². The van der Waals surface area contributed by atoms with Gasteiger partial charge in [-0.15, -0.1) is 12.4 Å². The van der Waals surface area contributed by atoms with Crippen LogP contribution in [0.3, 0.4) is 0 Å². The van der Waals surface area contributed by atoms with Gasteiger partial charge >= 0.3 is 5.97 Å². The third-order valence-electron chi connectivity index (χ3n) is 9.31. The molecule has 0 aromatic heterocycles. The standard InChI is InChI=1S/C36H37NO2.ClH/c1-37(2)36-23-30(26-15-7-3-8-16-26)34(31(24-36)27-17-9-4-10-18-27)32(25-36)39-35(38)33(28-19-11-5-12-20-28)29-21-13-6-14-22-29;/h3-22,30-34H,23-25H2,1-2H3;1H/t30-,31-,32+,34?,36?;/m0./s1. The van der Waals surface area contributed by atoms with E-state index < -0.39 is 5.92 Å². The van der Waals surface area contributed by atoms with E-state index >= 15 is 0 Å². The molecule has 0 N–H and O–H groups in total. The molecule has 0 unspecified atom stereocenters. The van der Waals surface area contributed by atoms with E-state index in [1.165, 1.54) is 11.1 Å². The second kappa shape index (κ2) is 12.0. The predicted molar refractivity (Wildman–Crippen MR) is 164 cm³/mol. The summed E-state index contributed by atoms with van der Waals surface area (Å²) in [6.45, 7) is 0. The van der Waals surface area contributed by atoms with E-state index in [1.807, 2.05) is 60.7 Å². The molecule has 0 amide bonds. The third kappa shape index (κ3) is 5.33. The van der Waals surface area contributed by atoms with Crippen LogP contribution in [0.1, 0.15) is 59.3 Å². The molecule has 2 bridgehead atoms. The maximum absolute atomic E-state index is 14.2. The highest BCUT2D eigenvalue weighted by Crippen LogP contribution is 2.60. The fraction of sp³-hybridized carbons (Fsp3) is 0.306. The smallest absolute Gasteiger partial charge is 0.318 e. The lowest BCUT2D eigenvalue weighted by Crippen LogP contribution is -2.61.